The molecule has 0 aliphatic heterocycles. The lowest BCUT2D eigenvalue weighted by molar-refractivity contribution is 0.0953. The number of aromatic hydroxyl groups is 1. The molecule has 1 amide bonds. The Hall–Kier alpha value is -2.55. The van der Waals surface area contributed by atoms with Gasteiger partial charge in [0.25, 0.3) is 5.91 Å². The number of hydrogen-bond acceptors (Lipinski definition) is 2. The van der Waals surface area contributed by atoms with E-state index < -0.39 is 0 Å². The number of phenols is 1. The predicted octanol–water partition coefficient (Wildman–Crippen LogP) is 7.27. The molecule has 0 atom stereocenters. The zero-order valence-corrected chi connectivity index (χ0v) is 18.6. The van der Waals surface area contributed by atoms with E-state index >= 15 is 0 Å². The second-order valence-electron chi connectivity index (χ2n) is 7.39. The van der Waals surface area contributed by atoms with Gasteiger partial charge in [0.15, 0.2) is 0 Å². The zero-order chi connectivity index (χ0) is 21.7. The number of nitrogens with one attached hydrogen (secondary N) is 1. The molecule has 0 aliphatic rings. The summed E-state index contributed by atoms with van der Waals surface area (Å²) in [5.41, 5.74) is 0.577. The number of rotatable bonds is 16. The third kappa shape index (κ3) is 14.4. The molecule has 1 rings (SSSR count). The fourth-order valence-corrected chi connectivity index (χ4v) is 2.86. The van der Waals surface area contributed by atoms with Crippen molar-refractivity contribution in [2.75, 3.05) is 6.54 Å². The largest absolute Gasteiger partial charge is 0.508 e. The molecule has 2 N–H and O–H groups in total. The van der Waals surface area contributed by atoms with Crippen LogP contribution in [0, 0.1) is 0 Å². The molecule has 0 radical (unpaired) electrons. The Balaban J connectivity index is 1.94. The van der Waals surface area contributed by atoms with Crippen molar-refractivity contribution in [2.45, 2.75) is 71.1 Å². The van der Waals surface area contributed by atoms with Gasteiger partial charge in [0, 0.05) is 12.1 Å². The van der Waals surface area contributed by atoms with Gasteiger partial charge in [0.2, 0.25) is 0 Å². The van der Waals surface area contributed by atoms with Crippen LogP contribution in [0.1, 0.15) is 81.5 Å². The number of benzene rings is 1. The maximum atomic E-state index is 11.9. The molecule has 0 aromatic heterocycles. The fraction of sp³-hybridized carbons (Fsp3) is 0.444. The van der Waals surface area contributed by atoms with Gasteiger partial charge in [0.05, 0.1) is 0 Å². The van der Waals surface area contributed by atoms with Crippen molar-refractivity contribution < 1.29 is 9.90 Å². The van der Waals surface area contributed by atoms with Gasteiger partial charge in [-0.25, -0.2) is 0 Å². The molecular formula is C27H39NO2. The number of carbonyl (C=O) groups excluding carboxylic acids is 1. The first-order chi connectivity index (χ1) is 14.7. The zero-order valence-electron chi connectivity index (χ0n) is 18.6. The van der Waals surface area contributed by atoms with Crippen molar-refractivity contribution in [3.05, 3.63) is 78.4 Å². The lowest BCUT2D eigenvalue weighted by Gasteiger charge is -2.04. The minimum absolute atomic E-state index is 0.0901. The van der Waals surface area contributed by atoms with Gasteiger partial charge >= 0.3 is 0 Å². The number of allylic oxidation sites excluding steroid dienone is 8. The summed E-state index contributed by atoms with van der Waals surface area (Å²) in [5, 5.41) is 12.1. The van der Waals surface area contributed by atoms with Crippen LogP contribution in [0.4, 0.5) is 0 Å². The number of amides is 1. The number of carbonyl (C=O) groups is 1. The summed E-state index contributed by atoms with van der Waals surface area (Å²) >= 11 is 0. The summed E-state index contributed by atoms with van der Waals surface area (Å²) in [6.45, 7) is 2.91. The summed E-state index contributed by atoms with van der Waals surface area (Å²) < 4.78 is 0. The van der Waals surface area contributed by atoms with Crippen LogP contribution >= 0.6 is 0 Å². The molecular weight excluding hydrogens is 370 g/mol. The minimum atomic E-state index is -0.0901. The van der Waals surface area contributed by atoms with Crippen molar-refractivity contribution in [3.63, 3.8) is 0 Å². The number of phenolic OH excluding ortho intramolecular Hbond substituents is 1. The first kappa shape index (κ1) is 25.5. The van der Waals surface area contributed by atoms with Crippen LogP contribution in [-0.2, 0) is 0 Å². The molecule has 1 aromatic rings. The summed E-state index contributed by atoms with van der Waals surface area (Å²) in [6.07, 6.45) is 29.1. The molecule has 3 nitrogen and oxygen atoms in total. The monoisotopic (exact) mass is 409 g/mol. The van der Waals surface area contributed by atoms with E-state index in [9.17, 15) is 9.90 Å². The molecule has 0 heterocycles. The minimum Gasteiger partial charge on any atom is -0.508 e. The molecule has 0 aliphatic carbocycles. The van der Waals surface area contributed by atoms with Crippen molar-refractivity contribution in [1.29, 1.82) is 0 Å². The van der Waals surface area contributed by atoms with Gasteiger partial charge < -0.3 is 10.4 Å². The molecule has 0 bridgehead atoms. The van der Waals surface area contributed by atoms with Crippen LogP contribution in [0.25, 0.3) is 0 Å². The normalized spacial score (nSPS) is 12.0. The Morgan fingerprint density at radius 3 is 1.80 bits per heavy atom. The van der Waals surface area contributed by atoms with Crippen molar-refractivity contribution in [3.8, 4) is 5.75 Å². The van der Waals surface area contributed by atoms with Gasteiger partial charge in [-0.15, -0.1) is 0 Å². The smallest absolute Gasteiger partial charge is 0.251 e. The van der Waals surface area contributed by atoms with E-state index in [1.807, 2.05) is 0 Å². The molecule has 0 unspecified atom stereocenters. The number of hydrogen-bond donors (Lipinski definition) is 2. The average Bonchev–Trinajstić information content (AvgIpc) is 2.75. The van der Waals surface area contributed by atoms with Crippen LogP contribution < -0.4 is 5.32 Å². The Bertz CT molecular complexity index is 669. The van der Waals surface area contributed by atoms with E-state index in [0.29, 0.717) is 12.1 Å². The van der Waals surface area contributed by atoms with E-state index in [2.05, 4.69) is 60.8 Å². The summed E-state index contributed by atoms with van der Waals surface area (Å²) in [4.78, 5) is 11.9. The lowest BCUT2D eigenvalue weighted by Crippen LogP contribution is -2.24. The molecule has 0 saturated carbocycles. The maximum Gasteiger partial charge on any atom is 0.251 e. The van der Waals surface area contributed by atoms with Crippen LogP contribution in [-0.4, -0.2) is 17.6 Å². The molecule has 1 aromatic carbocycles. The Morgan fingerprint density at radius 1 is 0.767 bits per heavy atom. The molecule has 0 fully saturated rings. The van der Waals surface area contributed by atoms with Crippen molar-refractivity contribution in [1.82, 2.24) is 5.32 Å². The van der Waals surface area contributed by atoms with E-state index in [1.54, 1.807) is 12.1 Å². The van der Waals surface area contributed by atoms with Gasteiger partial charge in [-0.3, -0.25) is 4.79 Å². The molecule has 0 saturated heterocycles. The summed E-state index contributed by atoms with van der Waals surface area (Å²) in [7, 11) is 0. The van der Waals surface area contributed by atoms with E-state index in [-0.39, 0.29) is 11.7 Å². The highest BCUT2D eigenvalue weighted by molar-refractivity contribution is 5.94. The van der Waals surface area contributed by atoms with E-state index in [1.165, 1.54) is 37.8 Å². The second-order valence-corrected chi connectivity index (χ2v) is 7.39. The van der Waals surface area contributed by atoms with Crippen LogP contribution in [0.2, 0.25) is 0 Å². The highest BCUT2D eigenvalue weighted by Crippen LogP contribution is 2.09. The highest BCUT2D eigenvalue weighted by Gasteiger charge is 2.03. The summed E-state index contributed by atoms with van der Waals surface area (Å²) in [5.74, 6) is 0.0818. The SMILES string of the molecule is CCCCC/C=C\C/C=C\C/C=C\C/C=C\CCCCNC(=O)c1ccc(O)cc1. The van der Waals surface area contributed by atoms with Crippen LogP contribution in [0.15, 0.2) is 72.9 Å². The molecule has 30 heavy (non-hydrogen) atoms. The van der Waals surface area contributed by atoms with Crippen molar-refractivity contribution >= 4 is 5.91 Å². The second kappa shape index (κ2) is 18.5. The predicted molar refractivity (Wildman–Crippen MR) is 129 cm³/mol. The topological polar surface area (TPSA) is 49.3 Å². The molecule has 164 valence electrons. The maximum absolute atomic E-state index is 11.9. The first-order valence-electron chi connectivity index (χ1n) is 11.4. The van der Waals surface area contributed by atoms with E-state index in [0.717, 1.165) is 38.5 Å². The van der Waals surface area contributed by atoms with Crippen LogP contribution in [0.3, 0.4) is 0 Å². The quantitative estimate of drug-likeness (QED) is 0.223. The Labute approximate surface area is 183 Å². The Kier molecular flexibility index (Phi) is 15.7. The third-order valence-corrected chi connectivity index (χ3v) is 4.67. The number of unbranched alkanes of at least 4 members (excludes halogenated alkanes) is 5. The Morgan fingerprint density at radius 2 is 1.27 bits per heavy atom. The van der Waals surface area contributed by atoms with Crippen molar-refractivity contribution in [2.24, 2.45) is 0 Å². The average molecular weight is 410 g/mol. The first-order valence-corrected chi connectivity index (χ1v) is 11.4. The highest BCUT2D eigenvalue weighted by atomic mass is 16.3. The molecule has 0 spiro atoms. The summed E-state index contributed by atoms with van der Waals surface area (Å²) in [6, 6.07) is 6.31. The standard InChI is InChI=1S/C27H39NO2/c1-2-3-4-5-6-7-8-9-10-11-12-13-14-15-16-17-18-19-24-28-27(30)25-20-22-26(29)23-21-25/h6-7,9-10,12-13,15-16,20-23,29H,2-5,8,11,14,17-19,24H2,1H3,(H,28,30)/b7-6-,10-9-,13-12-,16-15-. The molecule has 3 heteroatoms. The fourth-order valence-electron chi connectivity index (χ4n) is 2.86. The lowest BCUT2D eigenvalue weighted by atomic mass is 10.2. The van der Waals surface area contributed by atoms with Gasteiger partial charge in [-0.05, 0) is 75.6 Å². The van der Waals surface area contributed by atoms with Gasteiger partial charge in [-0.2, -0.15) is 0 Å². The van der Waals surface area contributed by atoms with Gasteiger partial charge in [0.1, 0.15) is 5.75 Å². The third-order valence-electron chi connectivity index (χ3n) is 4.67. The van der Waals surface area contributed by atoms with E-state index in [4.69, 9.17) is 0 Å². The van der Waals surface area contributed by atoms with Crippen LogP contribution in [0.5, 0.6) is 5.75 Å². The van der Waals surface area contributed by atoms with Gasteiger partial charge in [-0.1, -0.05) is 68.4 Å².